The first kappa shape index (κ1) is 10.5. The summed E-state index contributed by atoms with van der Waals surface area (Å²) in [6, 6.07) is 0. The smallest absolute Gasteiger partial charge is 0.173 e. The second-order valence-corrected chi connectivity index (χ2v) is 3.80. The SMILES string of the molecule is O=C(CBr)C1=CCC2=C(C=C1)OCCO2. The summed E-state index contributed by atoms with van der Waals surface area (Å²) in [5.74, 6) is 1.64. The van der Waals surface area contributed by atoms with Crippen LogP contribution >= 0.6 is 15.9 Å². The van der Waals surface area contributed by atoms with Crippen molar-refractivity contribution < 1.29 is 14.3 Å². The molecule has 0 aromatic heterocycles. The molecule has 0 aromatic carbocycles. The molecule has 0 fully saturated rings. The Bertz CT molecular complexity index is 366. The minimum Gasteiger partial charge on any atom is -0.490 e. The van der Waals surface area contributed by atoms with Crippen molar-refractivity contribution in [1.82, 2.24) is 0 Å². The van der Waals surface area contributed by atoms with E-state index in [1.807, 2.05) is 6.08 Å². The van der Waals surface area contributed by atoms with Crippen LogP contribution in [0.1, 0.15) is 6.42 Å². The van der Waals surface area contributed by atoms with Gasteiger partial charge in [0.25, 0.3) is 0 Å². The molecule has 0 amide bonds. The van der Waals surface area contributed by atoms with Crippen molar-refractivity contribution in [3.05, 3.63) is 35.3 Å². The third-order valence-corrected chi connectivity index (χ3v) is 2.77. The van der Waals surface area contributed by atoms with Crippen LogP contribution in [0.15, 0.2) is 35.3 Å². The highest BCUT2D eigenvalue weighted by atomic mass is 79.9. The first-order chi connectivity index (χ1) is 7.31. The lowest BCUT2D eigenvalue weighted by Gasteiger charge is -2.18. The van der Waals surface area contributed by atoms with E-state index in [2.05, 4.69) is 15.9 Å². The number of carbonyl (C=O) groups excluding carboxylic acids is 1. The summed E-state index contributed by atoms with van der Waals surface area (Å²) in [6.07, 6.45) is 6.07. The van der Waals surface area contributed by atoms with Crippen molar-refractivity contribution in [2.45, 2.75) is 6.42 Å². The van der Waals surface area contributed by atoms with Crippen molar-refractivity contribution in [3.63, 3.8) is 0 Å². The molecule has 0 unspecified atom stereocenters. The molecule has 1 aliphatic heterocycles. The Morgan fingerprint density at radius 2 is 2.13 bits per heavy atom. The highest BCUT2D eigenvalue weighted by molar-refractivity contribution is 9.09. The number of hydrogen-bond acceptors (Lipinski definition) is 3. The summed E-state index contributed by atoms with van der Waals surface area (Å²) in [5.41, 5.74) is 0.702. The van der Waals surface area contributed by atoms with Crippen LogP contribution in [-0.4, -0.2) is 24.3 Å². The average molecular weight is 271 g/mol. The Balaban J connectivity index is 2.19. The molecule has 3 nitrogen and oxygen atoms in total. The predicted molar refractivity (Wildman–Crippen MR) is 59.6 cm³/mol. The van der Waals surface area contributed by atoms with Crippen molar-refractivity contribution in [2.75, 3.05) is 18.5 Å². The van der Waals surface area contributed by atoms with Gasteiger partial charge in [0, 0.05) is 12.0 Å². The molecular weight excluding hydrogens is 260 g/mol. The van der Waals surface area contributed by atoms with Crippen molar-refractivity contribution in [1.29, 1.82) is 0 Å². The third-order valence-electron chi connectivity index (χ3n) is 2.26. The molecule has 0 saturated carbocycles. The Kier molecular flexibility index (Phi) is 3.26. The van der Waals surface area contributed by atoms with Crippen LogP contribution < -0.4 is 0 Å². The fourth-order valence-corrected chi connectivity index (χ4v) is 1.81. The van der Waals surface area contributed by atoms with E-state index >= 15 is 0 Å². The monoisotopic (exact) mass is 270 g/mol. The van der Waals surface area contributed by atoms with Gasteiger partial charge in [0.05, 0.1) is 5.33 Å². The maximum atomic E-state index is 11.5. The lowest BCUT2D eigenvalue weighted by Crippen LogP contribution is -2.12. The standard InChI is InChI=1S/C11H11BrO3/c12-7-9(13)8-1-3-10-11(4-2-8)15-6-5-14-10/h1-3H,4-7H2. The molecule has 2 aliphatic rings. The van der Waals surface area contributed by atoms with Gasteiger partial charge in [0.1, 0.15) is 19.0 Å². The maximum absolute atomic E-state index is 11.5. The molecule has 0 radical (unpaired) electrons. The topological polar surface area (TPSA) is 35.5 Å². The van der Waals surface area contributed by atoms with Crippen molar-refractivity contribution in [3.8, 4) is 0 Å². The van der Waals surface area contributed by atoms with Crippen LogP contribution in [0.5, 0.6) is 0 Å². The first-order valence-electron chi connectivity index (χ1n) is 4.77. The van der Waals surface area contributed by atoms with Gasteiger partial charge in [-0.3, -0.25) is 4.79 Å². The summed E-state index contributed by atoms with van der Waals surface area (Å²) in [4.78, 5) is 11.5. The Morgan fingerprint density at radius 1 is 1.33 bits per heavy atom. The maximum Gasteiger partial charge on any atom is 0.173 e. The lowest BCUT2D eigenvalue weighted by atomic mass is 10.1. The molecule has 0 N–H and O–H groups in total. The summed E-state index contributed by atoms with van der Waals surface area (Å²) in [5, 5.41) is 0.343. The van der Waals surface area contributed by atoms with Gasteiger partial charge in [-0.15, -0.1) is 0 Å². The largest absolute Gasteiger partial charge is 0.490 e. The van der Waals surface area contributed by atoms with Gasteiger partial charge in [0.2, 0.25) is 0 Å². The van der Waals surface area contributed by atoms with Crippen LogP contribution in [0, 0.1) is 0 Å². The average Bonchev–Trinajstić information content (AvgIpc) is 2.50. The normalized spacial score (nSPS) is 19.7. The Labute approximate surface area is 96.6 Å². The van der Waals surface area contributed by atoms with E-state index in [9.17, 15) is 4.79 Å². The van der Waals surface area contributed by atoms with Crippen molar-refractivity contribution >= 4 is 21.7 Å². The van der Waals surface area contributed by atoms with Gasteiger partial charge in [-0.1, -0.05) is 22.0 Å². The van der Waals surface area contributed by atoms with E-state index in [1.54, 1.807) is 12.2 Å². The number of ether oxygens (including phenoxy) is 2. The third kappa shape index (κ3) is 2.31. The molecule has 15 heavy (non-hydrogen) atoms. The van der Waals surface area contributed by atoms with Crippen LogP contribution in [0.3, 0.4) is 0 Å². The summed E-state index contributed by atoms with van der Waals surface area (Å²) >= 11 is 3.15. The molecule has 1 heterocycles. The molecule has 2 rings (SSSR count). The molecule has 0 atom stereocenters. The van der Waals surface area contributed by atoms with E-state index in [0.717, 1.165) is 11.5 Å². The number of carbonyl (C=O) groups is 1. The van der Waals surface area contributed by atoms with Gasteiger partial charge in [0.15, 0.2) is 11.5 Å². The lowest BCUT2D eigenvalue weighted by molar-refractivity contribution is -0.112. The Hall–Kier alpha value is -1.03. The molecule has 0 spiro atoms. The van der Waals surface area contributed by atoms with Crippen LogP contribution in [-0.2, 0) is 14.3 Å². The van der Waals surface area contributed by atoms with Gasteiger partial charge in [-0.25, -0.2) is 0 Å². The fourth-order valence-electron chi connectivity index (χ4n) is 1.49. The predicted octanol–water partition coefficient (Wildman–Crippen LogP) is 2.10. The fraction of sp³-hybridized carbons (Fsp3) is 0.364. The minimum atomic E-state index is 0.0751. The zero-order chi connectivity index (χ0) is 10.7. The summed E-state index contributed by atoms with van der Waals surface area (Å²) in [6.45, 7) is 1.16. The number of alkyl halides is 1. The molecule has 0 saturated heterocycles. The Morgan fingerprint density at radius 3 is 2.93 bits per heavy atom. The summed E-state index contributed by atoms with van der Waals surface area (Å²) in [7, 11) is 0. The number of hydrogen-bond donors (Lipinski definition) is 0. The number of allylic oxidation sites excluding steroid dienone is 4. The van der Waals surface area contributed by atoms with Crippen LogP contribution in [0.25, 0.3) is 0 Å². The molecular formula is C11H11BrO3. The van der Waals surface area contributed by atoms with Crippen molar-refractivity contribution in [2.24, 2.45) is 0 Å². The summed E-state index contributed by atoms with van der Waals surface area (Å²) < 4.78 is 10.9. The quantitative estimate of drug-likeness (QED) is 0.721. The zero-order valence-electron chi connectivity index (χ0n) is 8.16. The zero-order valence-corrected chi connectivity index (χ0v) is 9.75. The van der Waals surface area contributed by atoms with Crippen LogP contribution in [0.4, 0.5) is 0 Å². The van der Waals surface area contributed by atoms with E-state index in [0.29, 0.717) is 30.5 Å². The van der Waals surface area contributed by atoms with E-state index in [-0.39, 0.29) is 5.78 Å². The molecule has 1 aliphatic carbocycles. The second kappa shape index (κ2) is 4.66. The second-order valence-electron chi connectivity index (χ2n) is 3.24. The molecule has 0 aromatic rings. The van der Waals surface area contributed by atoms with E-state index in [4.69, 9.17) is 9.47 Å². The number of rotatable bonds is 2. The number of Topliss-reactive ketones (excluding diaryl/α,β-unsaturated/α-hetero) is 1. The van der Waals surface area contributed by atoms with E-state index < -0.39 is 0 Å². The van der Waals surface area contributed by atoms with E-state index in [1.165, 1.54) is 0 Å². The van der Waals surface area contributed by atoms with Gasteiger partial charge < -0.3 is 9.47 Å². The highest BCUT2D eigenvalue weighted by Crippen LogP contribution is 2.23. The van der Waals surface area contributed by atoms with Gasteiger partial charge in [-0.05, 0) is 12.2 Å². The van der Waals surface area contributed by atoms with Gasteiger partial charge in [-0.2, -0.15) is 0 Å². The van der Waals surface area contributed by atoms with Gasteiger partial charge >= 0.3 is 0 Å². The van der Waals surface area contributed by atoms with Crippen LogP contribution in [0.2, 0.25) is 0 Å². The molecule has 0 bridgehead atoms. The minimum absolute atomic E-state index is 0.0751. The number of ketones is 1. The first-order valence-corrected chi connectivity index (χ1v) is 5.89. The highest BCUT2D eigenvalue weighted by Gasteiger charge is 2.16. The molecule has 80 valence electrons. The molecule has 4 heteroatoms. The number of halogens is 1.